The van der Waals surface area contributed by atoms with Crippen molar-refractivity contribution in [1.82, 2.24) is 0 Å². The van der Waals surface area contributed by atoms with Gasteiger partial charge in [0.1, 0.15) is 5.75 Å². The molecule has 0 aromatic heterocycles. The topological polar surface area (TPSA) is 72.5 Å². The van der Waals surface area contributed by atoms with Crippen LogP contribution >= 0.6 is 24.0 Å². The fourth-order valence-electron chi connectivity index (χ4n) is 1.61. The van der Waals surface area contributed by atoms with Crippen molar-refractivity contribution in [3.8, 4) is 5.75 Å². The molecule has 1 aliphatic rings. The fraction of sp³-hybridized carbons (Fsp3) is 0.300. The van der Waals surface area contributed by atoms with Crippen molar-refractivity contribution >= 4 is 30.0 Å². The first-order valence-corrected chi connectivity index (χ1v) is 4.92. The summed E-state index contributed by atoms with van der Waals surface area (Å²) in [6.07, 6.45) is 0.673. The number of nitrogens with two attached hydrogens (primary N) is 1. The first-order valence-electron chi connectivity index (χ1n) is 4.54. The van der Waals surface area contributed by atoms with Crippen LogP contribution in [0, 0.1) is 0 Å². The normalized spacial score (nSPS) is 18.0. The Morgan fingerprint density at radius 3 is 2.88 bits per heavy atom. The lowest BCUT2D eigenvalue weighted by molar-refractivity contribution is 0.0696. The number of rotatable bonds is 1. The van der Waals surface area contributed by atoms with Gasteiger partial charge in [-0.3, -0.25) is 0 Å². The lowest BCUT2D eigenvalue weighted by atomic mass is 9.99. The van der Waals surface area contributed by atoms with Gasteiger partial charge in [0.15, 0.2) is 0 Å². The Kier molecular flexibility index (Phi) is 4.02. The summed E-state index contributed by atoms with van der Waals surface area (Å²) in [4.78, 5) is 10.8. The molecule has 0 radical (unpaired) electrons. The Morgan fingerprint density at radius 2 is 2.25 bits per heavy atom. The third-order valence-electron chi connectivity index (χ3n) is 2.39. The van der Waals surface area contributed by atoms with E-state index in [4.69, 9.17) is 27.2 Å². The maximum Gasteiger partial charge on any atom is 0.335 e. The first-order chi connectivity index (χ1) is 7.09. The van der Waals surface area contributed by atoms with Crippen LogP contribution in [0.15, 0.2) is 12.1 Å². The number of fused-ring (bicyclic) bond motifs is 1. The number of ether oxygens (including phenoxy) is 1. The monoisotopic (exact) mass is 263 g/mol. The number of halogens is 2. The number of hydrogen-bond donors (Lipinski definition) is 2. The molecule has 2 rings (SSSR count). The van der Waals surface area contributed by atoms with Gasteiger partial charge in [0, 0.05) is 18.0 Å². The highest BCUT2D eigenvalue weighted by atomic mass is 35.5. The standard InChI is InChI=1S/C10H10ClNO3.ClH/c11-7-4-5(10(13)14)3-6-8(12)1-2-15-9(6)7;/h3-4,8H,1-2,12H2,(H,13,14);1H/t8-;/m0./s1. The smallest absolute Gasteiger partial charge is 0.335 e. The Bertz CT molecular complexity index is 423. The van der Waals surface area contributed by atoms with Gasteiger partial charge < -0.3 is 15.6 Å². The molecule has 0 spiro atoms. The number of carbonyl (C=O) groups is 1. The fourth-order valence-corrected chi connectivity index (χ4v) is 1.89. The van der Waals surface area contributed by atoms with E-state index < -0.39 is 5.97 Å². The Morgan fingerprint density at radius 1 is 1.56 bits per heavy atom. The molecule has 0 unspecified atom stereocenters. The summed E-state index contributed by atoms with van der Waals surface area (Å²) in [5.74, 6) is -0.502. The molecule has 16 heavy (non-hydrogen) atoms. The van der Waals surface area contributed by atoms with Crippen molar-refractivity contribution in [2.24, 2.45) is 5.73 Å². The summed E-state index contributed by atoms with van der Waals surface area (Å²) in [5.41, 5.74) is 6.66. The SMILES string of the molecule is Cl.N[C@H]1CCOc2c(Cl)cc(C(=O)O)cc21. The predicted octanol–water partition coefficient (Wildman–Crippen LogP) is 2.24. The van der Waals surface area contributed by atoms with Crippen molar-refractivity contribution in [1.29, 1.82) is 0 Å². The molecule has 0 bridgehead atoms. The van der Waals surface area contributed by atoms with Crippen LogP contribution in [-0.2, 0) is 0 Å². The third kappa shape index (κ3) is 2.24. The van der Waals surface area contributed by atoms with Crippen LogP contribution in [0.2, 0.25) is 5.02 Å². The summed E-state index contributed by atoms with van der Waals surface area (Å²) < 4.78 is 5.35. The highest BCUT2D eigenvalue weighted by Gasteiger charge is 2.22. The van der Waals surface area contributed by atoms with E-state index in [0.29, 0.717) is 29.4 Å². The minimum atomic E-state index is -1.02. The highest BCUT2D eigenvalue weighted by Crippen LogP contribution is 2.37. The number of benzene rings is 1. The van der Waals surface area contributed by atoms with Gasteiger partial charge in [-0.25, -0.2) is 4.79 Å². The molecule has 1 atom stereocenters. The highest BCUT2D eigenvalue weighted by molar-refractivity contribution is 6.32. The van der Waals surface area contributed by atoms with E-state index in [9.17, 15) is 4.79 Å². The zero-order chi connectivity index (χ0) is 11.0. The van der Waals surface area contributed by atoms with E-state index in [0.717, 1.165) is 0 Å². The number of hydrogen-bond acceptors (Lipinski definition) is 3. The average molecular weight is 264 g/mol. The lowest BCUT2D eigenvalue weighted by Crippen LogP contribution is -2.21. The van der Waals surface area contributed by atoms with Crippen molar-refractivity contribution in [3.63, 3.8) is 0 Å². The summed E-state index contributed by atoms with van der Waals surface area (Å²) in [6, 6.07) is 2.69. The van der Waals surface area contributed by atoms with E-state index in [1.165, 1.54) is 12.1 Å². The van der Waals surface area contributed by atoms with Gasteiger partial charge in [0.05, 0.1) is 17.2 Å². The van der Waals surface area contributed by atoms with Crippen LogP contribution in [0.25, 0.3) is 0 Å². The largest absolute Gasteiger partial charge is 0.492 e. The second-order valence-corrected chi connectivity index (χ2v) is 3.83. The Balaban J connectivity index is 0.00000128. The molecular formula is C10H11Cl2NO3. The molecule has 0 fully saturated rings. The van der Waals surface area contributed by atoms with E-state index in [2.05, 4.69) is 0 Å². The van der Waals surface area contributed by atoms with Crippen molar-refractivity contribution in [3.05, 3.63) is 28.3 Å². The van der Waals surface area contributed by atoms with Crippen LogP contribution in [-0.4, -0.2) is 17.7 Å². The summed E-state index contributed by atoms with van der Waals surface area (Å²) in [5, 5.41) is 9.16. The molecule has 0 saturated heterocycles. The molecule has 6 heteroatoms. The molecule has 3 N–H and O–H groups in total. The molecule has 4 nitrogen and oxygen atoms in total. The minimum absolute atomic E-state index is 0. The second kappa shape index (κ2) is 4.91. The number of aromatic carboxylic acids is 1. The quantitative estimate of drug-likeness (QED) is 0.815. The zero-order valence-electron chi connectivity index (χ0n) is 8.27. The average Bonchev–Trinajstić information content (AvgIpc) is 2.19. The minimum Gasteiger partial charge on any atom is -0.492 e. The van der Waals surface area contributed by atoms with Gasteiger partial charge >= 0.3 is 5.97 Å². The van der Waals surface area contributed by atoms with Gasteiger partial charge in [-0.15, -0.1) is 12.4 Å². The predicted molar refractivity (Wildman–Crippen MR) is 62.7 cm³/mol. The van der Waals surface area contributed by atoms with Gasteiger partial charge in [0.25, 0.3) is 0 Å². The van der Waals surface area contributed by atoms with Gasteiger partial charge in [-0.1, -0.05) is 11.6 Å². The summed E-state index contributed by atoms with van der Waals surface area (Å²) in [6.45, 7) is 0.514. The van der Waals surface area contributed by atoms with Crippen molar-refractivity contribution in [2.75, 3.05) is 6.61 Å². The molecule has 1 aromatic carbocycles. The maximum absolute atomic E-state index is 10.8. The molecule has 1 aliphatic heterocycles. The molecule has 1 heterocycles. The van der Waals surface area contributed by atoms with E-state index >= 15 is 0 Å². The second-order valence-electron chi connectivity index (χ2n) is 3.43. The van der Waals surface area contributed by atoms with Gasteiger partial charge in [-0.2, -0.15) is 0 Å². The summed E-state index contributed by atoms with van der Waals surface area (Å²) >= 11 is 5.91. The first kappa shape index (κ1) is 13.1. The maximum atomic E-state index is 10.8. The number of carboxylic acid groups (broad SMARTS) is 1. The van der Waals surface area contributed by atoms with E-state index in [1.807, 2.05) is 0 Å². The van der Waals surface area contributed by atoms with Crippen molar-refractivity contribution < 1.29 is 14.6 Å². The van der Waals surface area contributed by atoms with Crippen LogP contribution in [0.3, 0.4) is 0 Å². The molecule has 0 saturated carbocycles. The number of carboxylic acids is 1. The van der Waals surface area contributed by atoms with Crippen LogP contribution in [0.5, 0.6) is 5.75 Å². The molecular weight excluding hydrogens is 253 g/mol. The van der Waals surface area contributed by atoms with Gasteiger partial charge in [0.2, 0.25) is 0 Å². The van der Waals surface area contributed by atoms with Crippen molar-refractivity contribution in [2.45, 2.75) is 12.5 Å². The lowest BCUT2D eigenvalue weighted by Gasteiger charge is -2.24. The Labute approximate surface area is 104 Å². The Hall–Kier alpha value is -0.970. The molecule has 0 aliphatic carbocycles. The van der Waals surface area contributed by atoms with Gasteiger partial charge in [-0.05, 0) is 12.1 Å². The van der Waals surface area contributed by atoms with Crippen LogP contribution in [0.4, 0.5) is 0 Å². The molecule has 88 valence electrons. The zero-order valence-corrected chi connectivity index (χ0v) is 9.85. The van der Waals surface area contributed by atoms with Crippen LogP contribution < -0.4 is 10.5 Å². The van der Waals surface area contributed by atoms with E-state index in [-0.39, 0.29) is 24.0 Å². The van der Waals surface area contributed by atoms with E-state index in [1.54, 1.807) is 0 Å². The summed E-state index contributed by atoms with van der Waals surface area (Å²) in [7, 11) is 0. The molecule has 1 aromatic rings. The molecule has 0 amide bonds. The van der Waals surface area contributed by atoms with Crippen LogP contribution in [0.1, 0.15) is 28.4 Å². The third-order valence-corrected chi connectivity index (χ3v) is 2.67.